The molecule has 7 nitrogen and oxygen atoms in total. The molecular formula is C25H19ClFN3O4S. The molecule has 0 aromatic heterocycles. The zero-order chi connectivity index (χ0) is 25.2. The molecule has 0 bridgehead atoms. The maximum atomic E-state index is 13.6. The highest BCUT2D eigenvalue weighted by Crippen LogP contribution is 2.30. The van der Waals surface area contributed by atoms with E-state index in [1.807, 2.05) is 6.07 Å². The third-order valence-corrected chi connectivity index (χ3v) is 7.81. The quantitative estimate of drug-likeness (QED) is 0.448. The molecule has 0 N–H and O–H groups in total. The average molecular weight is 512 g/mol. The summed E-state index contributed by atoms with van der Waals surface area (Å²) in [6, 6.07) is 17.7. The predicted molar refractivity (Wildman–Crippen MR) is 128 cm³/mol. The highest BCUT2D eigenvalue weighted by atomic mass is 35.5. The van der Waals surface area contributed by atoms with Gasteiger partial charge in [0, 0.05) is 11.6 Å². The maximum Gasteiger partial charge on any atom is 0.252 e. The van der Waals surface area contributed by atoms with E-state index in [4.69, 9.17) is 16.9 Å². The lowest BCUT2D eigenvalue weighted by molar-refractivity contribution is -0.122. The van der Waals surface area contributed by atoms with Crippen molar-refractivity contribution in [3.05, 3.63) is 94.8 Å². The zero-order valence-corrected chi connectivity index (χ0v) is 19.8. The number of benzene rings is 3. The van der Waals surface area contributed by atoms with Gasteiger partial charge in [-0.3, -0.25) is 9.59 Å². The van der Waals surface area contributed by atoms with Crippen LogP contribution in [0.5, 0.6) is 0 Å². The van der Waals surface area contributed by atoms with Crippen molar-refractivity contribution >= 4 is 39.1 Å². The van der Waals surface area contributed by atoms with E-state index in [0.717, 1.165) is 39.0 Å². The molecule has 0 radical (unpaired) electrons. The van der Waals surface area contributed by atoms with Crippen LogP contribution in [0.4, 0.5) is 10.1 Å². The number of imide groups is 1. The van der Waals surface area contributed by atoms with Gasteiger partial charge in [0.2, 0.25) is 15.9 Å². The summed E-state index contributed by atoms with van der Waals surface area (Å²) in [7, 11) is -4.26. The van der Waals surface area contributed by atoms with Crippen LogP contribution < -0.4 is 4.90 Å². The molecule has 3 aromatic carbocycles. The van der Waals surface area contributed by atoms with Gasteiger partial charge in [0.05, 0.1) is 28.6 Å². The van der Waals surface area contributed by atoms with Crippen LogP contribution in [-0.4, -0.2) is 37.1 Å². The molecule has 4 rings (SSSR count). The second-order valence-electron chi connectivity index (χ2n) is 7.90. The van der Waals surface area contributed by atoms with Crippen molar-refractivity contribution in [2.24, 2.45) is 0 Å². The van der Waals surface area contributed by atoms with E-state index < -0.39 is 33.7 Å². The minimum Gasteiger partial charge on any atom is -0.274 e. The number of nitriles is 1. The molecule has 1 atom stereocenters. The standard InChI is InChI=1S/C25H19ClFN3O4S/c26-19-3-1-2-17(14-19)12-13-29(35(33,34)22-10-6-20(27)7-11-22)23-15-24(31)30(25(23)32)21-8-4-18(16-28)5-9-21/h1-11,14,23H,12-13,15H2. The molecule has 3 aromatic rings. The minimum atomic E-state index is -4.26. The van der Waals surface area contributed by atoms with Gasteiger partial charge < -0.3 is 0 Å². The zero-order valence-electron chi connectivity index (χ0n) is 18.3. The Hall–Kier alpha value is -3.58. The second kappa shape index (κ2) is 9.96. The minimum absolute atomic E-state index is 0.106. The van der Waals surface area contributed by atoms with E-state index in [-0.39, 0.29) is 30.0 Å². The smallest absolute Gasteiger partial charge is 0.252 e. The van der Waals surface area contributed by atoms with Crippen LogP contribution in [0.1, 0.15) is 17.5 Å². The monoisotopic (exact) mass is 511 g/mol. The number of carbonyl (C=O) groups excluding carboxylic acids is 2. The topological polar surface area (TPSA) is 98.5 Å². The van der Waals surface area contributed by atoms with Gasteiger partial charge in [-0.05, 0) is 72.6 Å². The highest BCUT2D eigenvalue weighted by Gasteiger charge is 2.46. The summed E-state index contributed by atoms with van der Waals surface area (Å²) < 4.78 is 41.5. The normalized spacial score (nSPS) is 16.1. The van der Waals surface area contributed by atoms with Crippen molar-refractivity contribution in [1.82, 2.24) is 4.31 Å². The van der Waals surface area contributed by atoms with Gasteiger partial charge in [-0.25, -0.2) is 17.7 Å². The van der Waals surface area contributed by atoms with Crippen LogP contribution in [-0.2, 0) is 26.0 Å². The van der Waals surface area contributed by atoms with Crippen molar-refractivity contribution in [2.45, 2.75) is 23.8 Å². The van der Waals surface area contributed by atoms with Gasteiger partial charge >= 0.3 is 0 Å². The first kappa shape index (κ1) is 24.5. The maximum absolute atomic E-state index is 13.6. The van der Waals surface area contributed by atoms with Gasteiger partial charge in [0.25, 0.3) is 5.91 Å². The first-order valence-electron chi connectivity index (χ1n) is 10.6. The Morgan fingerprint density at radius 1 is 1.06 bits per heavy atom. The number of sulfonamides is 1. The van der Waals surface area contributed by atoms with E-state index in [9.17, 15) is 22.4 Å². The molecule has 1 heterocycles. The third kappa shape index (κ3) is 5.10. The summed E-state index contributed by atoms with van der Waals surface area (Å²) in [6.45, 7) is -0.106. The lowest BCUT2D eigenvalue weighted by atomic mass is 10.1. The van der Waals surface area contributed by atoms with Gasteiger partial charge in [0.15, 0.2) is 0 Å². The summed E-state index contributed by atoms with van der Waals surface area (Å²) in [4.78, 5) is 26.9. The molecule has 1 fully saturated rings. The number of rotatable bonds is 7. The van der Waals surface area contributed by atoms with Crippen molar-refractivity contribution in [3.63, 3.8) is 0 Å². The molecule has 1 unspecified atom stereocenters. The van der Waals surface area contributed by atoms with E-state index in [1.165, 1.54) is 24.3 Å². The lowest BCUT2D eigenvalue weighted by Gasteiger charge is -2.27. The fraction of sp³-hybridized carbons (Fsp3) is 0.160. The van der Waals surface area contributed by atoms with Gasteiger partial charge in [-0.15, -0.1) is 0 Å². The predicted octanol–water partition coefficient (Wildman–Crippen LogP) is 3.92. The van der Waals surface area contributed by atoms with E-state index in [2.05, 4.69) is 0 Å². The molecule has 1 saturated heterocycles. The summed E-state index contributed by atoms with van der Waals surface area (Å²) in [5.41, 5.74) is 1.35. The van der Waals surface area contributed by atoms with Crippen molar-refractivity contribution in [1.29, 1.82) is 5.26 Å². The van der Waals surface area contributed by atoms with Crippen LogP contribution in [0.15, 0.2) is 77.7 Å². The molecule has 2 amide bonds. The number of carbonyl (C=O) groups is 2. The number of halogens is 2. The number of amides is 2. The molecular weight excluding hydrogens is 493 g/mol. The molecule has 10 heteroatoms. The Labute approximate surface area is 207 Å². The Morgan fingerprint density at radius 2 is 1.74 bits per heavy atom. The van der Waals surface area contributed by atoms with E-state index >= 15 is 0 Å². The van der Waals surface area contributed by atoms with Crippen LogP contribution in [0, 0.1) is 17.1 Å². The fourth-order valence-electron chi connectivity index (χ4n) is 3.91. The molecule has 1 aliphatic heterocycles. The second-order valence-corrected chi connectivity index (χ2v) is 10.2. The molecule has 0 aliphatic carbocycles. The van der Waals surface area contributed by atoms with Crippen molar-refractivity contribution in [3.8, 4) is 6.07 Å². The molecule has 1 aliphatic rings. The molecule has 35 heavy (non-hydrogen) atoms. The van der Waals surface area contributed by atoms with Crippen molar-refractivity contribution < 1.29 is 22.4 Å². The average Bonchev–Trinajstić information content (AvgIpc) is 3.13. The Balaban J connectivity index is 1.69. The Morgan fingerprint density at radius 3 is 2.37 bits per heavy atom. The van der Waals surface area contributed by atoms with E-state index in [1.54, 1.807) is 24.3 Å². The Kier molecular flexibility index (Phi) is 6.98. The van der Waals surface area contributed by atoms with E-state index in [0.29, 0.717) is 10.6 Å². The number of nitrogens with zero attached hydrogens (tertiary/aromatic N) is 3. The van der Waals surface area contributed by atoms with Crippen LogP contribution >= 0.6 is 11.6 Å². The summed E-state index contributed by atoms with van der Waals surface area (Å²) in [5, 5.41) is 9.48. The largest absolute Gasteiger partial charge is 0.274 e. The van der Waals surface area contributed by atoms with Crippen molar-refractivity contribution in [2.75, 3.05) is 11.4 Å². The fourth-order valence-corrected chi connectivity index (χ4v) is 5.71. The van der Waals surface area contributed by atoms with Gasteiger partial charge in [0.1, 0.15) is 11.9 Å². The van der Waals surface area contributed by atoms with Crippen LogP contribution in [0.3, 0.4) is 0 Å². The highest BCUT2D eigenvalue weighted by molar-refractivity contribution is 7.89. The van der Waals surface area contributed by atoms with Gasteiger partial charge in [-0.1, -0.05) is 23.7 Å². The third-order valence-electron chi connectivity index (χ3n) is 5.66. The van der Waals surface area contributed by atoms with Gasteiger partial charge in [-0.2, -0.15) is 9.57 Å². The first-order chi connectivity index (χ1) is 16.7. The summed E-state index contributed by atoms with van der Waals surface area (Å²) in [5.74, 6) is -1.86. The summed E-state index contributed by atoms with van der Waals surface area (Å²) in [6.07, 6.45) is -0.120. The lowest BCUT2D eigenvalue weighted by Crippen LogP contribution is -2.46. The van der Waals surface area contributed by atoms with Crippen LogP contribution in [0.2, 0.25) is 5.02 Å². The summed E-state index contributed by atoms with van der Waals surface area (Å²) >= 11 is 6.05. The Bertz CT molecular complexity index is 1420. The number of hydrogen-bond donors (Lipinski definition) is 0. The SMILES string of the molecule is N#Cc1ccc(N2C(=O)CC(N(CCc3cccc(Cl)c3)S(=O)(=O)c3ccc(F)cc3)C2=O)cc1. The molecule has 0 saturated carbocycles. The number of anilines is 1. The van der Waals surface area contributed by atoms with Crippen LogP contribution in [0.25, 0.3) is 0 Å². The first-order valence-corrected chi connectivity index (χ1v) is 12.4. The molecule has 178 valence electrons. The number of hydrogen-bond acceptors (Lipinski definition) is 5. The molecule has 0 spiro atoms.